The van der Waals surface area contributed by atoms with Crippen LogP contribution in [0.25, 0.3) is 0 Å². The fourth-order valence-electron chi connectivity index (χ4n) is 2.08. The summed E-state index contributed by atoms with van der Waals surface area (Å²) in [5.41, 5.74) is -0.313. The zero-order valence-corrected chi connectivity index (χ0v) is 12.5. The molecule has 1 N–H and O–H groups in total. The summed E-state index contributed by atoms with van der Waals surface area (Å²) in [5.74, 6) is -1.47. The molecule has 0 bridgehead atoms. The number of carbonyl (C=O) groups excluding carboxylic acids is 1. The van der Waals surface area contributed by atoms with Gasteiger partial charge in [-0.2, -0.15) is 0 Å². The summed E-state index contributed by atoms with van der Waals surface area (Å²) in [5, 5.41) is 10.8. The Balaban J connectivity index is 2.49. The van der Waals surface area contributed by atoms with Gasteiger partial charge in [-0.15, -0.1) is 11.3 Å². The zero-order valence-electron chi connectivity index (χ0n) is 11.7. The van der Waals surface area contributed by atoms with Gasteiger partial charge < -0.3 is 9.67 Å². The second kappa shape index (κ2) is 6.05. The first-order chi connectivity index (χ1) is 9.91. The third-order valence-electron chi connectivity index (χ3n) is 3.13. The van der Waals surface area contributed by atoms with Crippen LogP contribution in [0, 0.1) is 0 Å². The van der Waals surface area contributed by atoms with Crippen molar-refractivity contribution in [2.45, 2.75) is 26.3 Å². The molecule has 0 aromatic carbocycles. The topological polar surface area (TPSA) is 76.4 Å². The number of nitrogens with zero attached hydrogens (tertiary/aromatic N) is 1. The summed E-state index contributed by atoms with van der Waals surface area (Å²) in [4.78, 5) is 36.1. The van der Waals surface area contributed by atoms with Crippen molar-refractivity contribution >= 4 is 23.1 Å². The first-order valence-electron chi connectivity index (χ1n) is 6.45. The molecule has 0 aliphatic carbocycles. The minimum Gasteiger partial charge on any atom is -0.477 e. The van der Waals surface area contributed by atoms with E-state index in [1.807, 2.05) is 13.8 Å². The van der Waals surface area contributed by atoms with Gasteiger partial charge in [0.1, 0.15) is 5.56 Å². The number of carbonyl (C=O) groups is 2. The van der Waals surface area contributed by atoms with Crippen molar-refractivity contribution in [3.8, 4) is 0 Å². The molecular weight excluding hydrogens is 290 g/mol. The minimum atomic E-state index is -1.28. The average molecular weight is 305 g/mol. The lowest BCUT2D eigenvalue weighted by Crippen LogP contribution is -2.31. The van der Waals surface area contributed by atoms with Crippen LogP contribution in [0.2, 0.25) is 0 Å². The Kier molecular flexibility index (Phi) is 4.37. The van der Waals surface area contributed by atoms with Crippen molar-refractivity contribution in [2.75, 3.05) is 0 Å². The predicted molar refractivity (Wildman–Crippen MR) is 80.4 cm³/mol. The molecule has 0 saturated heterocycles. The van der Waals surface area contributed by atoms with E-state index in [4.69, 9.17) is 5.11 Å². The number of thiophene rings is 1. The van der Waals surface area contributed by atoms with Crippen LogP contribution in [0.4, 0.5) is 0 Å². The molecule has 5 nitrogen and oxygen atoms in total. The SMILES string of the molecule is CC(C)c1ccc(C(=O)O)c(=O)n1CC(=O)c1cccs1. The fraction of sp³-hybridized carbons (Fsp3) is 0.267. The summed E-state index contributed by atoms with van der Waals surface area (Å²) < 4.78 is 1.26. The number of hydrogen-bond acceptors (Lipinski definition) is 4. The number of carboxylic acids is 1. The number of ketones is 1. The maximum absolute atomic E-state index is 12.3. The van der Waals surface area contributed by atoms with Crippen LogP contribution in [0.1, 0.15) is 45.5 Å². The predicted octanol–water partition coefficient (Wildman–Crippen LogP) is 2.61. The number of hydrogen-bond donors (Lipinski definition) is 1. The summed E-state index contributed by atoms with van der Waals surface area (Å²) in [6, 6.07) is 6.34. The monoisotopic (exact) mass is 305 g/mol. The van der Waals surface area contributed by atoms with Gasteiger partial charge in [0.25, 0.3) is 5.56 Å². The maximum Gasteiger partial charge on any atom is 0.341 e. The summed E-state index contributed by atoms with van der Waals surface area (Å²) in [7, 11) is 0. The van der Waals surface area contributed by atoms with E-state index >= 15 is 0 Å². The Bertz CT molecular complexity index is 729. The normalized spacial score (nSPS) is 10.8. The zero-order chi connectivity index (χ0) is 15.6. The largest absolute Gasteiger partial charge is 0.477 e. The number of aromatic carboxylic acids is 1. The molecule has 2 aromatic heterocycles. The van der Waals surface area contributed by atoms with Gasteiger partial charge in [0.05, 0.1) is 11.4 Å². The number of rotatable bonds is 5. The molecular formula is C15H15NO4S. The summed E-state index contributed by atoms with van der Waals surface area (Å²) in [6.07, 6.45) is 0. The van der Waals surface area contributed by atoms with Gasteiger partial charge >= 0.3 is 5.97 Å². The first-order valence-corrected chi connectivity index (χ1v) is 7.33. The van der Waals surface area contributed by atoms with Crippen LogP contribution >= 0.6 is 11.3 Å². The summed E-state index contributed by atoms with van der Waals surface area (Å²) in [6.45, 7) is 3.64. The Hall–Kier alpha value is -2.21. The Labute approximate surface area is 125 Å². The smallest absolute Gasteiger partial charge is 0.341 e. The van der Waals surface area contributed by atoms with Crippen molar-refractivity contribution < 1.29 is 14.7 Å². The van der Waals surface area contributed by atoms with Gasteiger partial charge in [-0.05, 0) is 29.5 Å². The average Bonchev–Trinajstić information content (AvgIpc) is 2.94. The standard InChI is InChI=1S/C15H15NO4S/c1-9(2)11-6-5-10(15(19)20)14(18)16(11)8-12(17)13-4-3-7-21-13/h3-7,9H,8H2,1-2H3,(H,19,20). The van der Waals surface area contributed by atoms with Crippen molar-refractivity contribution in [2.24, 2.45) is 0 Å². The molecule has 0 spiro atoms. The third kappa shape index (κ3) is 3.11. The lowest BCUT2D eigenvalue weighted by atomic mass is 10.1. The molecule has 0 atom stereocenters. The van der Waals surface area contributed by atoms with Crippen LogP contribution in [0.3, 0.4) is 0 Å². The van der Waals surface area contributed by atoms with Gasteiger partial charge in [-0.25, -0.2) is 4.79 Å². The van der Waals surface area contributed by atoms with Gasteiger partial charge in [0.2, 0.25) is 0 Å². The van der Waals surface area contributed by atoms with E-state index in [2.05, 4.69) is 0 Å². The molecule has 0 aliphatic rings. The third-order valence-corrected chi connectivity index (χ3v) is 4.04. The molecule has 0 saturated carbocycles. The highest BCUT2D eigenvalue weighted by Gasteiger charge is 2.18. The quantitative estimate of drug-likeness (QED) is 0.861. The number of aromatic nitrogens is 1. The Morgan fingerprint density at radius 3 is 2.52 bits per heavy atom. The molecule has 2 aromatic rings. The van der Waals surface area contributed by atoms with E-state index in [1.54, 1.807) is 23.6 Å². The second-order valence-electron chi connectivity index (χ2n) is 4.92. The number of pyridine rings is 1. The van der Waals surface area contributed by atoms with Crippen LogP contribution < -0.4 is 5.56 Å². The van der Waals surface area contributed by atoms with Crippen LogP contribution in [0.15, 0.2) is 34.4 Å². The van der Waals surface area contributed by atoms with E-state index in [1.165, 1.54) is 22.0 Å². The van der Waals surface area contributed by atoms with Crippen LogP contribution in [-0.2, 0) is 6.54 Å². The van der Waals surface area contributed by atoms with E-state index in [-0.39, 0.29) is 23.8 Å². The van der Waals surface area contributed by atoms with Crippen molar-refractivity contribution in [1.82, 2.24) is 4.57 Å². The highest BCUT2D eigenvalue weighted by atomic mass is 32.1. The van der Waals surface area contributed by atoms with Gasteiger partial charge in [-0.3, -0.25) is 9.59 Å². The van der Waals surface area contributed by atoms with E-state index in [9.17, 15) is 14.4 Å². The van der Waals surface area contributed by atoms with E-state index in [0.717, 1.165) is 0 Å². The molecule has 6 heteroatoms. The minimum absolute atomic E-state index is 0.0108. The number of carboxylic acid groups (broad SMARTS) is 1. The van der Waals surface area contributed by atoms with Gasteiger partial charge in [0, 0.05) is 5.69 Å². The maximum atomic E-state index is 12.3. The Morgan fingerprint density at radius 2 is 2.00 bits per heavy atom. The van der Waals surface area contributed by atoms with Crippen molar-refractivity contribution in [3.05, 3.63) is 56.1 Å². The van der Waals surface area contributed by atoms with Crippen LogP contribution in [0.5, 0.6) is 0 Å². The Morgan fingerprint density at radius 1 is 1.29 bits per heavy atom. The molecule has 2 heterocycles. The van der Waals surface area contributed by atoms with Crippen molar-refractivity contribution in [1.29, 1.82) is 0 Å². The molecule has 0 aliphatic heterocycles. The van der Waals surface area contributed by atoms with Crippen molar-refractivity contribution in [3.63, 3.8) is 0 Å². The molecule has 2 rings (SSSR count). The highest BCUT2D eigenvalue weighted by Crippen LogP contribution is 2.15. The van der Waals surface area contributed by atoms with E-state index in [0.29, 0.717) is 10.6 Å². The summed E-state index contributed by atoms with van der Waals surface area (Å²) >= 11 is 1.30. The number of Topliss-reactive ketones (excluding diaryl/α,β-unsaturated/α-hetero) is 1. The van der Waals surface area contributed by atoms with Crippen LogP contribution in [-0.4, -0.2) is 21.4 Å². The van der Waals surface area contributed by atoms with E-state index < -0.39 is 11.5 Å². The van der Waals surface area contributed by atoms with Gasteiger partial charge in [0.15, 0.2) is 5.78 Å². The fourth-order valence-corrected chi connectivity index (χ4v) is 2.74. The molecule has 21 heavy (non-hydrogen) atoms. The first kappa shape index (κ1) is 15.2. The van der Waals surface area contributed by atoms with Gasteiger partial charge in [-0.1, -0.05) is 19.9 Å². The molecule has 110 valence electrons. The molecule has 0 unspecified atom stereocenters. The molecule has 0 amide bonds. The highest BCUT2D eigenvalue weighted by molar-refractivity contribution is 7.12. The lowest BCUT2D eigenvalue weighted by molar-refractivity contribution is 0.0693. The lowest BCUT2D eigenvalue weighted by Gasteiger charge is -2.15. The second-order valence-corrected chi connectivity index (χ2v) is 5.87. The molecule has 0 fully saturated rings. The molecule has 0 radical (unpaired) electrons.